The van der Waals surface area contributed by atoms with E-state index in [0.717, 1.165) is 29.4 Å². The van der Waals surface area contributed by atoms with Gasteiger partial charge in [0, 0.05) is 36.1 Å². The lowest BCUT2D eigenvalue weighted by Gasteiger charge is -2.26. The first-order valence-electron chi connectivity index (χ1n) is 7.20. The van der Waals surface area contributed by atoms with E-state index in [1.807, 2.05) is 4.90 Å². The number of halogens is 1. The van der Waals surface area contributed by atoms with Gasteiger partial charge in [0.05, 0.1) is 4.92 Å². The van der Waals surface area contributed by atoms with Gasteiger partial charge in [-0.05, 0) is 30.4 Å². The Balaban J connectivity index is 2.37. The van der Waals surface area contributed by atoms with Crippen molar-refractivity contribution in [1.29, 1.82) is 0 Å². The standard InChI is InChI=1S/C15H19BrN2O3/c1-2-11(9-16)10-17-14-7-6-13(18(20)21)8-12(14)4-3-5-15(17)19/h6-8,11H,2-5,9-10H2,1H3. The Bertz CT molecular complexity index is 544. The molecule has 1 aromatic rings. The third-order valence-corrected chi connectivity index (χ3v) is 4.85. The molecule has 0 N–H and O–H groups in total. The van der Waals surface area contributed by atoms with E-state index in [4.69, 9.17) is 0 Å². The Morgan fingerprint density at radius 3 is 2.81 bits per heavy atom. The van der Waals surface area contributed by atoms with E-state index in [0.29, 0.717) is 25.3 Å². The molecule has 2 rings (SSSR count). The molecule has 0 spiro atoms. The number of hydrogen-bond donors (Lipinski definition) is 0. The number of non-ortho nitro benzene ring substituents is 1. The number of carbonyl (C=O) groups excluding carboxylic acids is 1. The van der Waals surface area contributed by atoms with E-state index >= 15 is 0 Å². The topological polar surface area (TPSA) is 63.5 Å². The minimum absolute atomic E-state index is 0.0931. The highest BCUT2D eigenvalue weighted by molar-refractivity contribution is 9.09. The maximum Gasteiger partial charge on any atom is 0.269 e. The molecular formula is C15H19BrN2O3. The molecule has 1 aliphatic heterocycles. The van der Waals surface area contributed by atoms with Gasteiger partial charge in [-0.15, -0.1) is 0 Å². The zero-order valence-corrected chi connectivity index (χ0v) is 13.6. The summed E-state index contributed by atoms with van der Waals surface area (Å²) in [4.78, 5) is 24.7. The number of hydrogen-bond acceptors (Lipinski definition) is 3. The molecule has 0 bridgehead atoms. The molecule has 1 aliphatic rings. The number of carbonyl (C=O) groups is 1. The summed E-state index contributed by atoms with van der Waals surface area (Å²) in [6.45, 7) is 2.76. The van der Waals surface area contributed by atoms with E-state index in [2.05, 4.69) is 22.9 Å². The van der Waals surface area contributed by atoms with Gasteiger partial charge in [0.25, 0.3) is 5.69 Å². The van der Waals surface area contributed by atoms with Crippen molar-refractivity contribution in [2.24, 2.45) is 5.92 Å². The van der Waals surface area contributed by atoms with Crippen molar-refractivity contribution in [1.82, 2.24) is 0 Å². The molecule has 6 heteroatoms. The lowest BCUT2D eigenvalue weighted by Crippen LogP contribution is -2.35. The Hall–Kier alpha value is -1.43. The molecule has 1 amide bonds. The van der Waals surface area contributed by atoms with Gasteiger partial charge in [-0.25, -0.2) is 0 Å². The summed E-state index contributed by atoms with van der Waals surface area (Å²) < 4.78 is 0. The fourth-order valence-electron chi connectivity index (χ4n) is 2.59. The van der Waals surface area contributed by atoms with Crippen molar-refractivity contribution in [3.8, 4) is 0 Å². The van der Waals surface area contributed by atoms with Crippen LogP contribution in [0.4, 0.5) is 11.4 Å². The number of rotatable bonds is 5. The minimum Gasteiger partial charge on any atom is -0.312 e. The van der Waals surface area contributed by atoms with E-state index in [-0.39, 0.29) is 16.5 Å². The van der Waals surface area contributed by atoms with Gasteiger partial charge in [-0.1, -0.05) is 29.3 Å². The molecule has 1 aromatic carbocycles. The lowest BCUT2D eigenvalue weighted by molar-refractivity contribution is -0.384. The van der Waals surface area contributed by atoms with Crippen LogP contribution >= 0.6 is 15.9 Å². The number of nitro benzene ring substituents is 1. The molecule has 1 unspecified atom stereocenters. The molecule has 21 heavy (non-hydrogen) atoms. The number of amides is 1. The Morgan fingerprint density at radius 1 is 1.43 bits per heavy atom. The van der Waals surface area contributed by atoms with Crippen molar-refractivity contribution in [3.05, 3.63) is 33.9 Å². The van der Waals surface area contributed by atoms with Crippen LogP contribution in [-0.2, 0) is 11.2 Å². The number of benzene rings is 1. The fourth-order valence-corrected chi connectivity index (χ4v) is 3.26. The molecular weight excluding hydrogens is 336 g/mol. The van der Waals surface area contributed by atoms with Crippen LogP contribution in [0.3, 0.4) is 0 Å². The van der Waals surface area contributed by atoms with Crippen molar-refractivity contribution in [3.63, 3.8) is 0 Å². The molecule has 114 valence electrons. The molecule has 0 saturated heterocycles. The Morgan fingerprint density at radius 2 is 2.19 bits per heavy atom. The largest absolute Gasteiger partial charge is 0.312 e. The number of nitrogens with zero attached hydrogens (tertiary/aromatic N) is 2. The number of alkyl halides is 1. The van der Waals surface area contributed by atoms with Crippen molar-refractivity contribution >= 4 is 33.2 Å². The lowest BCUT2D eigenvalue weighted by atomic mass is 10.1. The fraction of sp³-hybridized carbons (Fsp3) is 0.533. The normalized spacial score (nSPS) is 16.3. The maximum absolute atomic E-state index is 12.3. The van der Waals surface area contributed by atoms with Gasteiger partial charge < -0.3 is 4.90 Å². The van der Waals surface area contributed by atoms with Gasteiger partial charge in [0.15, 0.2) is 0 Å². The molecule has 1 heterocycles. The Kier molecular flexibility index (Phi) is 5.33. The summed E-state index contributed by atoms with van der Waals surface area (Å²) in [5, 5.41) is 11.8. The monoisotopic (exact) mass is 354 g/mol. The molecule has 1 atom stereocenters. The second-order valence-corrected chi connectivity index (χ2v) is 6.00. The van der Waals surface area contributed by atoms with Gasteiger partial charge in [0.1, 0.15) is 0 Å². The molecule has 0 aromatic heterocycles. The number of nitro groups is 1. The quantitative estimate of drug-likeness (QED) is 0.460. The summed E-state index contributed by atoms with van der Waals surface area (Å²) in [7, 11) is 0. The predicted octanol–water partition coefficient (Wildman–Crippen LogP) is 3.69. The van der Waals surface area contributed by atoms with Crippen LogP contribution in [0.2, 0.25) is 0 Å². The second-order valence-electron chi connectivity index (χ2n) is 5.36. The van der Waals surface area contributed by atoms with Crippen LogP contribution in [0.1, 0.15) is 31.7 Å². The zero-order chi connectivity index (χ0) is 15.4. The average Bonchev–Trinajstić information content (AvgIpc) is 2.63. The molecule has 0 saturated carbocycles. The van der Waals surface area contributed by atoms with Crippen molar-refractivity contribution in [2.45, 2.75) is 32.6 Å². The first-order chi connectivity index (χ1) is 10.1. The van der Waals surface area contributed by atoms with Crippen LogP contribution in [0.25, 0.3) is 0 Å². The van der Waals surface area contributed by atoms with E-state index in [1.54, 1.807) is 12.1 Å². The van der Waals surface area contributed by atoms with Crippen LogP contribution in [0, 0.1) is 16.0 Å². The summed E-state index contributed by atoms with van der Waals surface area (Å²) >= 11 is 3.49. The maximum atomic E-state index is 12.3. The van der Waals surface area contributed by atoms with Crippen LogP contribution < -0.4 is 4.90 Å². The second kappa shape index (κ2) is 7.02. The third-order valence-electron chi connectivity index (χ3n) is 3.94. The van der Waals surface area contributed by atoms with Crippen LogP contribution in [0.5, 0.6) is 0 Å². The van der Waals surface area contributed by atoms with E-state index in [9.17, 15) is 14.9 Å². The smallest absolute Gasteiger partial charge is 0.269 e. The molecule has 0 radical (unpaired) electrons. The van der Waals surface area contributed by atoms with Crippen molar-refractivity contribution < 1.29 is 9.72 Å². The third kappa shape index (κ3) is 3.61. The highest BCUT2D eigenvalue weighted by Crippen LogP contribution is 2.31. The van der Waals surface area contributed by atoms with E-state index in [1.165, 1.54) is 6.07 Å². The first kappa shape index (κ1) is 15.9. The van der Waals surface area contributed by atoms with Gasteiger partial charge in [0.2, 0.25) is 5.91 Å². The van der Waals surface area contributed by atoms with Gasteiger partial charge >= 0.3 is 0 Å². The first-order valence-corrected chi connectivity index (χ1v) is 8.32. The zero-order valence-electron chi connectivity index (χ0n) is 12.0. The van der Waals surface area contributed by atoms with Crippen LogP contribution in [-0.4, -0.2) is 22.7 Å². The summed E-state index contributed by atoms with van der Waals surface area (Å²) in [6.07, 6.45) is 2.94. The van der Waals surface area contributed by atoms with Crippen LogP contribution in [0.15, 0.2) is 18.2 Å². The summed E-state index contributed by atoms with van der Waals surface area (Å²) in [5.41, 5.74) is 1.83. The number of fused-ring (bicyclic) bond motifs is 1. The van der Waals surface area contributed by atoms with E-state index < -0.39 is 0 Å². The molecule has 0 aliphatic carbocycles. The molecule has 5 nitrogen and oxygen atoms in total. The Labute approximate surface area is 132 Å². The van der Waals surface area contributed by atoms with Crippen molar-refractivity contribution in [2.75, 3.05) is 16.8 Å². The summed E-state index contributed by atoms with van der Waals surface area (Å²) in [5.74, 6) is 0.497. The highest BCUT2D eigenvalue weighted by atomic mass is 79.9. The highest BCUT2D eigenvalue weighted by Gasteiger charge is 2.25. The summed E-state index contributed by atoms with van der Waals surface area (Å²) in [6, 6.07) is 4.81. The van der Waals surface area contributed by atoms with Gasteiger partial charge in [-0.3, -0.25) is 14.9 Å². The SMILES string of the molecule is CCC(CBr)CN1C(=O)CCCc2cc([N+](=O)[O-])ccc21. The number of aryl methyl sites for hydroxylation is 1. The average molecular weight is 355 g/mol. The molecule has 0 fully saturated rings. The predicted molar refractivity (Wildman–Crippen MR) is 86.0 cm³/mol. The number of anilines is 1. The van der Waals surface area contributed by atoms with Gasteiger partial charge in [-0.2, -0.15) is 0 Å². The minimum atomic E-state index is -0.384.